The summed E-state index contributed by atoms with van der Waals surface area (Å²) in [6.45, 7) is 11.2. The fourth-order valence-corrected chi connectivity index (χ4v) is 4.07. The number of anilines is 1. The second kappa shape index (κ2) is 10.4. The smallest absolute Gasteiger partial charge is 0.315 e. The number of unbranched alkanes of at least 4 members (excludes halogenated alkanes) is 1. The number of aromatic nitrogens is 2. The molecule has 0 saturated carbocycles. The Morgan fingerprint density at radius 1 is 1.06 bits per heavy atom. The molecule has 1 unspecified atom stereocenters. The van der Waals surface area contributed by atoms with E-state index in [1.165, 1.54) is 0 Å². The molecule has 0 aliphatic rings. The van der Waals surface area contributed by atoms with Gasteiger partial charge >= 0.3 is 6.03 Å². The van der Waals surface area contributed by atoms with E-state index < -0.39 is 0 Å². The Balaban J connectivity index is 2.04. The van der Waals surface area contributed by atoms with Gasteiger partial charge in [0.1, 0.15) is 5.82 Å². The summed E-state index contributed by atoms with van der Waals surface area (Å²) < 4.78 is 1.73. The fourth-order valence-electron chi connectivity index (χ4n) is 4.07. The van der Waals surface area contributed by atoms with E-state index in [4.69, 9.17) is 4.98 Å². The first-order chi connectivity index (χ1) is 15.4. The molecule has 1 aromatic heterocycles. The Kier molecular flexibility index (Phi) is 7.67. The average molecular weight is 435 g/mol. The molecule has 2 amide bonds. The second-order valence-electron chi connectivity index (χ2n) is 8.36. The monoisotopic (exact) mass is 434 g/mol. The zero-order chi connectivity index (χ0) is 23.3. The van der Waals surface area contributed by atoms with Crippen LogP contribution in [0.5, 0.6) is 0 Å². The van der Waals surface area contributed by atoms with Crippen LogP contribution in [-0.2, 0) is 6.54 Å². The predicted octanol–water partition coefficient (Wildman–Crippen LogP) is 5.82. The number of carbonyl (C=O) groups is 1. The van der Waals surface area contributed by atoms with Gasteiger partial charge in [-0.3, -0.25) is 9.36 Å². The lowest BCUT2D eigenvalue weighted by atomic mass is 10.1. The largest absolute Gasteiger partial charge is 0.322 e. The van der Waals surface area contributed by atoms with Gasteiger partial charge < -0.3 is 10.2 Å². The van der Waals surface area contributed by atoms with Crippen LogP contribution < -0.4 is 10.9 Å². The lowest BCUT2D eigenvalue weighted by Crippen LogP contribution is -2.41. The summed E-state index contributed by atoms with van der Waals surface area (Å²) in [5.41, 5.74) is 3.49. The molecule has 1 heterocycles. The van der Waals surface area contributed by atoms with E-state index >= 15 is 0 Å². The Bertz CT molecular complexity index is 1130. The lowest BCUT2D eigenvalue weighted by molar-refractivity contribution is 0.187. The Labute approximate surface area is 190 Å². The first-order valence-electron chi connectivity index (χ1n) is 11.5. The third-order valence-electron chi connectivity index (χ3n) is 5.91. The fraction of sp³-hybridized carbons (Fsp3) is 0.423. The molecule has 1 N–H and O–H groups in total. The van der Waals surface area contributed by atoms with Crippen LogP contribution in [0.1, 0.15) is 63.0 Å². The maximum atomic E-state index is 13.5. The highest BCUT2D eigenvalue weighted by Crippen LogP contribution is 2.24. The highest BCUT2D eigenvalue weighted by molar-refractivity contribution is 5.91. The van der Waals surface area contributed by atoms with Gasteiger partial charge in [0.25, 0.3) is 5.56 Å². The number of nitrogens with one attached hydrogen (secondary N) is 1. The van der Waals surface area contributed by atoms with Crippen molar-refractivity contribution >= 4 is 22.6 Å². The standard InChI is InChI=1S/C26H34N4O2/c1-6-8-17-29(26(32)28-23-18(3)12-11-13-19(23)4)20(5)24-27-22-15-10-9-14-21(22)25(31)30(24)16-7-2/h9-15,20H,6-8,16-17H2,1-5H3,(H,28,32). The highest BCUT2D eigenvalue weighted by Gasteiger charge is 2.26. The third-order valence-corrected chi connectivity index (χ3v) is 5.91. The normalized spacial score (nSPS) is 12.0. The van der Waals surface area contributed by atoms with Gasteiger partial charge in [0, 0.05) is 18.8 Å². The molecule has 2 aromatic carbocycles. The van der Waals surface area contributed by atoms with Crippen molar-refractivity contribution in [3.05, 3.63) is 69.8 Å². The number of rotatable bonds is 8. The molecule has 0 fully saturated rings. The number of urea groups is 1. The van der Waals surface area contributed by atoms with Crippen LogP contribution >= 0.6 is 0 Å². The van der Waals surface area contributed by atoms with Crippen molar-refractivity contribution in [1.29, 1.82) is 0 Å². The van der Waals surface area contributed by atoms with E-state index in [-0.39, 0.29) is 17.6 Å². The maximum Gasteiger partial charge on any atom is 0.322 e. The Morgan fingerprint density at radius 2 is 1.75 bits per heavy atom. The van der Waals surface area contributed by atoms with E-state index in [9.17, 15) is 9.59 Å². The van der Waals surface area contributed by atoms with Crippen LogP contribution in [0.3, 0.4) is 0 Å². The van der Waals surface area contributed by atoms with Crippen molar-refractivity contribution in [2.45, 2.75) is 66.5 Å². The molecule has 1 atom stereocenters. The number of nitrogens with zero attached hydrogens (tertiary/aromatic N) is 3. The zero-order valence-corrected chi connectivity index (χ0v) is 19.8. The van der Waals surface area contributed by atoms with Gasteiger partial charge in [0.2, 0.25) is 0 Å². The molecule has 32 heavy (non-hydrogen) atoms. The molecule has 0 saturated heterocycles. The number of aryl methyl sites for hydroxylation is 2. The van der Waals surface area contributed by atoms with Crippen LogP contribution in [0.2, 0.25) is 0 Å². The van der Waals surface area contributed by atoms with Gasteiger partial charge in [0.15, 0.2) is 0 Å². The average Bonchev–Trinajstić information content (AvgIpc) is 2.78. The van der Waals surface area contributed by atoms with E-state index in [1.54, 1.807) is 9.47 Å². The van der Waals surface area contributed by atoms with Crippen LogP contribution in [0.4, 0.5) is 10.5 Å². The van der Waals surface area contributed by atoms with Crippen molar-refractivity contribution in [2.75, 3.05) is 11.9 Å². The van der Waals surface area contributed by atoms with Crippen molar-refractivity contribution in [1.82, 2.24) is 14.5 Å². The molecule has 3 aromatic rings. The lowest BCUT2D eigenvalue weighted by Gasteiger charge is -2.31. The topological polar surface area (TPSA) is 67.2 Å². The minimum Gasteiger partial charge on any atom is -0.315 e. The molecule has 0 bridgehead atoms. The molecular weight excluding hydrogens is 400 g/mol. The van der Waals surface area contributed by atoms with Crippen LogP contribution in [0.25, 0.3) is 10.9 Å². The Hall–Kier alpha value is -3.15. The third kappa shape index (κ3) is 4.85. The van der Waals surface area contributed by atoms with Crippen molar-refractivity contribution in [3.8, 4) is 0 Å². The number of benzene rings is 2. The first kappa shape index (κ1) is 23.5. The summed E-state index contributed by atoms with van der Waals surface area (Å²) in [6, 6.07) is 12.9. The molecule has 0 aliphatic heterocycles. The molecule has 0 aliphatic carbocycles. The Morgan fingerprint density at radius 3 is 2.41 bits per heavy atom. The van der Waals surface area contributed by atoms with Crippen molar-refractivity contribution in [2.24, 2.45) is 0 Å². The molecule has 6 heteroatoms. The van der Waals surface area contributed by atoms with E-state index in [0.717, 1.165) is 36.1 Å². The second-order valence-corrected chi connectivity index (χ2v) is 8.36. The minimum atomic E-state index is -0.352. The van der Waals surface area contributed by atoms with Gasteiger partial charge in [-0.15, -0.1) is 0 Å². The van der Waals surface area contributed by atoms with E-state index in [2.05, 4.69) is 12.2 Å². The predicted molar refractivity (Wildman–Crippen MR) is 131 cm³/mol. The summed E-state index contributed by atoms with van der Waals surface area (Å²) in [4.78, 5) is 33.3. The summed E-state index contributed by atoms with van der Waals surface area (Å²) in [5.74, 6) is 0.628. The van der Waals surface area contributed by atoms with Gasteiger partial charge in [-0.1, -0.05) is 50.6 Å². The van der Waals surface area contributed by atoms with Crippen molar-refractivity contribution in [3.63, 3.8) is 0 Å². The number of hydrogen-bond donors (Lipinski definition) is 1. The molecular formula is C26H34N4O2. The maximum absolute atomic E-state index is 13.5. The number of carbonyl (C=O) groups excluding carboxylic acids is 1. The van der Waals surface area contributed by atoms with Gasteiger partial charge in [-0.05, 0) is 56.9 Å². The van der Waals surface area contributed by atoms with Gasteiger partial charge in [-0.2, -0.15) is 0 Å². The quantitative estimate of drug-likeness (QED) is 0.486. The zero-order valence-electron chi connectivity index (χ0n) is 19.8. The molecule has 0 spiro atoms. The summed E-state index contributed by atoms with van der Waals surface area (Å²) in [6.07, 6.45) is 2.64. The number of fused-ring (bicyclic) bond motifs is 1. The SMILES string of the molecule is CCCCN(C(=O)Nc1c(C)cccc1C)C(C)c1nc2ccccc2c(=O)n1CCC. The van der Waals surface area contributed by atoms with E-state index in [0.29, 0.717) is 29.8 Å². The summed E-state index contributed by atoms with van der Waals surface area (Å²) in [5, 5.41) is 3.72. The van der Waals surface area contributed by atoms with Crippen LogP contribution in [0.15, 0.2) is 47.3 Å². The molecule has 6 nitrogen and oxygen atoms in total. The van der Waals surface area contributed by atoms with Gasteiger partial charge in [-0.25, -0.2) is 9.78 Å². The number of hydrogen-bond acceptors (Lipinski definition) is 3. The molecule has 3 rings (SSSR count). The molecule has 170 valence electrons. The van der Waals surface area contributed by atoms with Gasteiger partial charge in [0.05, 0.1) is 16.9 Å². The van der Waals surface area contributed by atoms with Crippen LogP contribution in [-0.4, -0.2) is 27.0 Å². The van der Waals surface area contributed by atoms with E-state index in [1.807, 2.05) is 70.2 Å². The highest BCUT2D eigenvalue weighted by atomic mass is 16.2. The number of amides is 2. The van der Waals surface area contributed by atoms with Crippen LogP contribution in [0, 0.1) is 13.8 Å². The summed E-state index contributed by atoms with van der Waals surface area (Å²) >= 11 is 0. The summed E-state index contributed by atoms with van der Waals surface area (Å²) in [7, 11) is 0. The first-order valence-corrected chi connectivity index (χ1v) is 11.5. The van der Waals surface area contributed by atoms with Crippen molar-refractivity contribution < 1.29 is 4.79 Å². The molecule has 0 radical (unpaired) electrons. The number of para-hydroxylation sites is 2. The minimum absolute atomic E-state index is 0.0510.